The van der Waals surface area contributed by atoms with Crippen molar-refractivity contribution in [3.05, 3.63) is 89.0 Å². The number of nitrogens with one attached hydrogen (secondary N) is 2. The lowest BCUT2D eigenvalue weighted by Crippen LogP contribution is -2.35. The van der Waals surface area contributed by atoms with Gasteiger partial charge in [0.1, 0.15) is 23.1 Å². The summed E-state index contributed by atoms with van der Waals surface area (Å²) in [5.74, 6) is -2.96. The number of anilines is 1. The monoisotopic (exact) mass is 541 g/mol. The Hall–Kier alpha value is -3.43. The number of nitrogens with zero attached hydrogens (tertiary/aromatic N) is 1. The maximum Gasteiger partial charge on any atom is 0.227 e. The Bertz CT molecular complexity index is 1300. The van der Waals surface area contributed by atoms with E-state index in [1.807, 2.05) is 12.1 Å². The van der Waals surface area contributed by atoms with Crippen LogP contribution in [0.2, 0.25) is 0 Å². The maximum absolute atomic E-state index is 14.8. The second-order valence-electron chi connectivity index (χ2n) is 10.2. The lowest BCUT2D eigenvalue weighted by Gasteiger charge is -2.32. The number of benzene rings is 3. The minimum absolute atomic E-state index is 0.0445. The van der Waals surface area contributed by atoms with E-state index < -0.39 is 23.3 Å². The van der Waals surface area contributed by atoms with Gasteiger partial charge in [-0.1, -0.05) is 12.1 Å². The Morgan fingerprint density at radius 1 is 0.821 bits per heavy atom. The van der Waals surface area contributed by atoms with E-state index in [-0.39, 0.29) is 29.2 Å². The zero-order chi connectivity index (χ0) is 27.4. The van der Waals surface area contributed by atoms with Crippen molar-refractivity contribution in [3.8, 4) is 11.5 Å². The molecule has 0 bridgehead atoms. The van der Waals surface area contributed by atoms with Crippen LogP contribution in [0.15, 0.2) is 54.6 Å². The van der Waals surface area contributed by atoms with Gasteiger partial charge in [0, 0.05) is 24.6 Å². The van der Waals surface area contributed by atoms with Crippen LogP contribution in [0, 0.1) is 29.2 Å². The molecule has 39 heavy (non-hydrogen) atoms. The molecule has 1 amide bonds. The van der Waals surface area contributed by atoms with Crippen molar-refractivity contribution in [3.63, 3.8) is 0 Å². The molecule has 0 atom stereocenters. The standard InChI is InChI=1S/C30H31F4N3O2/c31-25-6-5-23(15-27(25)33)39-22-3-1-19(2-4-22)18-37-13-9-20(10-14-37)24-16-29(28(34)17-26(24)32)36-30(38)21-7-11-35-12-8-21/h1-6,15-17,20-21,35H,7-14,18H2,(H,36,38). The summed E-state index contributed by atoms with van der Waals surface area (Å²) in [7, 11) is 0. The zero-order valence-corrected chi connectivity index (χ0v) is 21.5. The highest BCUT2D eigenvalue weighted by Crippen LogP contribution is 2.34. The topological polar surface area (TPSA) is 53.6 Å². The smallest absolute Gasteiger partial charge is 0.227 e. The van der Waals surface area contributed by atoms with Crippen molar-refractivity contribution in [1.82, 2.24) is 10.2 Å². The second-order valence-corrected chi connectivity index (χ2v) is 10.2. The highest BCUT2D eigenvalue weighted by atomic mass is 19.2. The molecule has 0 saturated carbocycles. The van der Waals surface area contributed by atoms with Gasteiger partial charge in [-0.15, -0.1) is 0 Å². The molecule has 2 aliphatic heterocycles. The van der Waals surface area contributed by atoms with Crippen molar-refractivity contribution in [1.29, 1.82) is 0 Å². The van der Waals surface area contributed by atoms with Crippen LogP contribution < -0.4 is 15.4 Å². The predicted octanol–water partition coefficient (Wildman–Crippen LogP) is 6.35. The van der Waals surface area contributed by atoms with Crippen molar-refractivity contribution < 1.29 is 27.1 Å². The summed E-state index contributed by atoms with van der Waals surface area (Å²) in [5.41, 5.74) is 1.54. The van der Waals surface area contributed by atoms with E-state index in [9.17, 15) is 22.4 Å². The molecule has 2 fully saturated rings. The average molecular weight is 542 g/mol. The molecule has 3 aromatic carbocycles. The van der Waals surface area contributed by atoms with E-state index >= 15 is 0 Å². The maximum atomic E-state index is 14.8. The summed E-state index contributed by atoms with van der Waals surface area (Å²) in [6.45, 7) is 3.68. The molecule has 206 valence electrons. The van der Waals surface area contributed by atoms with Crippen LogP contribution in [0.25, 0.3) is 0 Å². The first-order valence-electron chi connectivity index (χ1n) is 13.3. The van der Waals surface area contributed by atoms with Crippen molar-refractivity contribution in [2.75, 3.05) is 31.5 Å². The average Bonchev–Trinajstić information content (AvgIpc) is 2.94. The number of likely N-dealkylation sites (tertiary alicyclic amines) is 1. The van der Waals surface area contributed by atoms with E-state index in [4.69, 9.17) is 4.74 Å². The summed E-state index contributed by atoms with van der Waals surface area (Å²) in [5, 5.41) is 5.89. The molecular weight excluding hydrogens is 510 g/mol. The molecule has 2 aliphatic rings. The Kier molecular flexibility index (Phi) is 8.47. The van der Waals surface area contributed by atoms with Crippen molar-refractivity contribution in [2.45, 2.75) is 38.1 Å². The van der Waals surface area contributed by atoms with E-state index in [0.717, 1.165) is 49.9 Å². The number of hydrogen-bond acceptors (Lipinski definition) is 4. The van der Waals surface area contributed by atoms with Crippen LogP contribution in [-0.4, -0.2) is 37.0 Å². The molecule has 2 saturated heterocycles. The van der Waals surface area contributed by atoms with Gasteiger partial charge in [-0.25, -0.2) is 17.6 Å². The molecule has 3 aromatic rings. The number of halogens is 4. The number of ether oxygens (including phenoxy) is 1. The predicted molar refractivity (Wildman–Crippen MR) is 141 cm³/mol. The van der Waals surface area contributed by atoms with Gasteiger partial charge in [0.2, 0.25) is 5.91 Å². The SMILES string of the molecule is O=C(Nc1cc(C2CCN(Cc3ccc(Oc4ccc(F)c(F)c4)cc3)CC2)c(F)cc1F)C1CCNCC1. The highest BCUT2D eigenvalue weighted by Gasteiger charge is 2.26. The lowest BCUT2D eigenvalue weighted by atomic mass is 9.88. The summed E-state index contributed by atoms with van der Waals surface area (Å²) in [6, 6.07) is 13.1. The van der Waals surface area contributed by atoms with E-state index in [1.165, 1.54) is 12.1 Å². The Morgan fingerprint density at radius 2 is 1.51 bits per heavy atom. The van der Waals surface area contributed by atoms with Crippen LogP contribution in [-0.2, 0) is 11.3 Å². The number of rotatable bonds is 7. The minimum atomic E-state index is -0.966. The van der Waals surface area contributed by atoms with Gasteiger partial charge < -0.3 is 15.4 Å². The number of carbonyl (C=O) groups excluding carboxylic acids is 1. The number of carbonyl (C=O) groups is 1. The van der Waals surface area contributed by atoms with Crippen LogP contribution in [0.3, 0.4) is 0 Å². The molecule has 2 N–H and O–H groups in total. The molecule has 0 aliphatic carbocycles. The first kappa shape index (κ1) is 27.1. The van der Waals surface area contributed by atoms with Gasteiger partial charge in [0.25, 0.3) is 0 Å². The summed E-state index contributed by atoms with van der Waals surface area (Å²) in [4.78, 5) is 14.9. The molecule has 0 unspecified atom stereocenters. The molecule has 0 radical (unpaired) electrons. The highest BCUT2D eigenvalue weighted by molar-refractivity contribution is 5.92. The number of hydrogen-bond donors (Lipinski definition) is 2. The summed E-state index contributed by atoms with van der Waals surface area (Å²) < 4.78 is 61.4. The zero-order valence-electron chi connectivity index (χ0n) is 21.5. The van der Waals surface area contributed by atoms with Crippen molar-refractivity contribution in [2.24, 2.45) is 5.92 Å². The molecule has 0 aromatic heterocycles. The van der Waals surface area contributed by atoms with Crippen LogP contribution in [0.1, 0.15) is 42.7 Å². The van der Waals surface area contributed by atoms with Gasteiger partial charge in [0.05, 0.1) is 5.69 Å². The van der Waals surface area contributed by atoms with E-state index in [1.54, 1.807) is 12.1 Å². The molecule has 5 nitrogen and oxygen atoms in total. The minimum Gasteiger partial charge on any atom is -0.457 e. The largest absolute Gasteiger partial charge is 0.457 e. The molecule has 9 heteroatoms. The van der Waals surface area contributed by atoms with Crippen molar-refractivity contribution >= 4 is 11.6 Å². The van der Waals surface area contributed by atoms with E-state index in [0.29, 0.717) is 43.5 Å². The summed E-state index contributed by atoms with van der Waals surface area (Å²) >= 11 is 0. The van der Waals surface area contributed by atoms with Gasteiger partial charge >= 0.3 is 0 Å². The summed E-state index contributed by atoms with van der Waals surface area (Å²) in [6.07, 6.45) is 2.82. The Balaban J connectivity index is 1.16. The van der Waals surface area contributed by atoms with Gasteiger partial charge in [0.15, 0.2) is 11.6 Å². The van der Waals surface area contributed by atoms with E-state index in [2.05, 4.69) is 15.5 Å². The second kappa shape index (κ2) is 12.2. The normalized spacial score (nSPS) is 17.2. The molecule has 5 rings (SSSR count). The fourth-order valence-corrected chi connectivity index (χ4v) is 5.29. The van der Waals surface area contributed by atoms with Gasteiger partial charge in [-0.3, -0.25) is 9.69 Å². The third-order valence-corrected chi connectivity index (χ3v) is 7.54. The first-order valence-corrected chi connectivity index (χ1v) is 13.3. The third kappa shape index (κ3) is 6.78. The quantitative estimate of drug-likeness (QED) is 0.342. The number of amides is 1. The van der Waals surface area contributed by atoms with Crippen LogP contribution in [0.5, 0.6) is 11.5 Å². The number of piperidine rings is 2. The fraction of sp³-hybridized carbons (Fsp3) is 0.367. The third-order valence-electron chi connectivity index (χ3n) is 7.54. The van der Waals surface area contributed by atoms with Crippen LogP contribution in [0.4, 0.5) is 23.2 Å². The molecule has 2 heterocycles. The molecule has 0 spiro atoms. The Labute approximate surface area is 225 Å². The van der Waals surface area contributed by atoms with Gasteiger partial charge in [-0.05, 0) is 99.2 Å². The molecular formula is C30H31F4N3O2. The lowest BCUT2D eigenvalue weighted by molar-refractivity contribution is -0.120. The van der Waals surface area contributed by atoms with Gasteiger partial charge in [-0.2, -0.15) is 0 Å². The van der Waals surface area contributed by atoms with Crippen LogP contribution >= 0.6 is 0 Å². The Morgan fingerprint density at radius 3 is 2.21 bits per heavy atom. The fourth-order valence-electron chi connectivity index (χ4n) is 5.29. The first-order chi connectivity index (χ1) is 18.9.